The van der Waals surface area contributed by atoms with Crippen LogP contribution in [0.1, 0.15) is 34.6 Å². The van der Waals surface area contributed by atoms with Crippen molar-refractivity contribution in [2.75, 3.05) is 5.75 Å². The van der Waals surface area contributed by atoms with Crippen molar-refractivity contribution < 1.29 is 23.9 Å². The molecule has 25 heavy (non-hydrogen) atoms. The van der Waals surface area contributed by atoms with Gasteiger partial charge in [-0.15, -0.1) is 11.8 Å². The molecule has 0 amide bonds. The topological polar surface area (TPSA) is 69.7 Å². The lowest BCUT2D eigenvalue weighted by molar-refractivity contribution is -0.154. The highest BCUT2D eigenvalue weighted by atomic mass is 32.2. The van der Waals surface area contributed by atoms with Crippen LogP contribution in [0.5, 0.6) is 0 Å². The van der Waals surface area contributed by atoms with E-state index in [0.29, 0.717) is 16.1 Å². The second-order valence-electron chi connectivity index (χ2n) is 5.73. The zero-order valence-corrected chi connectivity index (χ0v) is 17.1. The molecule has 0 saturated carbocycles. The molecule has 1 aliphatic heterocycles. The summed E-state index contributed by atoms with van der Waals surface area (Å²) in [5.74, 6) is -0.810. The maximum absolute atomic E-state index is 11.3. The van der Waals surface area contributed by atoms with E-state index in [4.69, 9.17) is 4.74 Å². The summed E-state index contributed by atoms with van der Waals surface area (Å²) in [6.07, 6.45) is 0. The van der Waals surface area contributed by atoms with Crippen LogP contribution in [0.25, 0.3) is 0 Å². The van der Waals surface area contributed by atoms with Crippen LogP contribution in [-0.2, 0) is 23.9 Å². The second kappa shape index (κ2) is 11.2. The Morgan fingerprint density at radius 2 is 1.28 bits per heavy atom. The van der Waals surface area contributed by atoms with Crippen molar-refractivity contribution in [3.05, 3.63) is 36.5 Å². The van der Waals surface area contributed by atoms with Gasteiger partial charge >= 0.3 is 17.9 Å². The van der Waals surface area contributed by atoms with Crippen LogP contribution in [0.2, 0.25) is 0 Å². The third kappa shape index (κ3) is 9.55. The lowest BCUT2D eigenvalue weighted by Gasteiger charge is -2.30. The van der Waals surface area contributed by atoms with E-state index in [-0.39, 0.29) is 22.6 Å². The molecule has 0 bridgehead atoms. The minimum Gasteiger partial charge on any atom is -0.447 e. The SMILES string of the molecule is C=C(C)C(=O)OC(=O)C(=C)C.C=C(C)C(=O)OC1CSC(C)C(C)S1. The first-order valence-corrected chi connectivity index (χ1v) is 9.65. The standard InChI is InChI=1S/C10H16O2S2.C8H10O3/c1-6(2)10(11)12-9-5-13-7(3)8(4)14-9;1-5(2)7(9)11-8(10)6(3)4/h7-9H,1,5H2,2-4H3;1,3H2,2,4H3. The molecule has 140 valence electrons. The third-order valence-corrected chi connectivity index (χ3v) is 6.21. The summed E-state index contributed by atoms with van der Waals surface area (Å²) < 4.78 is 9.57. The zero-order valence-electron chi connectivity index (χ0n) is 15.4. The largest absolute Gasteiger partial charge is 0.447 e. The smallest absolute Gasteiger partial charge is 0.340 e. The lowest BCUT2D eigenvalue weighted by Crippen LogP contribution is -2.29. The first kappa shape index (κ1) is 23.5. The average molecular weight is 387 g/mol. The van der Waals surface area contributed by atoms with E-state index in [1.54, 1.807) is 18.7 Å². The van der Waals surface area contributed by atoms with Gasteiger partial charge in [0.2, 0.25) is 0 Å². The predicted molar refractivity (Wildman–Crippen MR) is 104 cm³/mol. The van der Waals surface area contributed by atoms with Crippen LogP contribution < -0.4 is 0 Å². The van der Waals surface area contributed by atoms with Gasteiger partial charge in [-0.25, -0.2) is 14.4 Å². The van der Waals surface area contributed by atoms with Gasteiger partial charge < -0.3 is 9.47 Å². The Morgan fingerprint density at radius 3 is 1.64 bits per heavy atom. The molecule has 3 atom stereocenters. The van der Waals surface area contributed by atoms with Gasteiger partial charge in [-0.1, -0.05) is 33.6 Å². The van der Waals surface area contributed by atoms with E-state index in [1.807, 2.05) is 11.8 Å². The van der Waals surface area contributed by atoms with Gasteiger partial charge in [0, 0.05) is 33.0 Å². The number of thioether (sulfide) groups is 2. The van der Waals surface area contributed by atoms with Crippen molar-refractivity contribution in [3.8, 4) is 0 Å². The number of carbonyl (C=O) groups excluding carboxylic acids is 3. The third-order valence-electron chi connectivity index (χ3n) is 2.99. The number of hydrogen-bond acceptors (Lipinski definition) is 7. The van der Waals surface area contributed by atoms with Crippen molar-refractivity contribution in [3.63, 3.8) is 0 Å². The number of carbonyl (C=O) groups is 3. The van der Waals surface area contributed by atoms with Gasteiger partial charge in [-0.05, 0) is 20.8 Å². The molecular formula is C18H26O5S2. The molecule has 0 aromatic heterocycles. The Labute approximate surface area is 158 Å². The first-order chi connectivity index (χ1) is 11.5. The van der Waals surface area contributed by atoms with E-state index in [0.717, 1.165) is 5.75 Å². The van der Waals surface area contributed by atoms with Gasteiger partial charge in [-0.2, -0.15) is 11.8 Å². The van der Waals surface area contributed by atoms with Crippen LogP contribution in [0.4, 0.5) is 0 Å². The van der Waals surface area contributed by atoms with Gasteiger partial charge in [0.15, 0.2) is 5.44 Å². The fourth-order valence-corrected chi connectivity index (χ4v) is 3.92. The van der Waals surface area contributed by atoms with Crippen molar-refractivity contribution in [1.29, 1.82) is 0 Å². The number of rotatable bonds is 4. The van der Waals surface area contributed by atoms with E-state index >= 15 is 0 Å². The van der Waals surface area contributed by atoms with Gasteiger partial charge in [0.05, 0.1) is 0 Å². The lowest BCUT2D eigenvalue weighted by atomic mass is 10.3. The summed E-state index contributed by atoms with van der Waals surface area (Å²) in [6, 6.07) is 0. The molecule has 0 spiro atoms. The van der Waals surface area contributed by atoms with Gasteiger partial charge in [-0.3, -0.25) is 0 Å². The maximum Gasteiger partial charge on any atom is 0.340 e. The Bertz CT molecular complexity index is 544. The molecular weight excluding hydrogens is 360 g/mol. The fourth-order valence-electron chi connectivity index (χ4n) is 1.30. The molecule has 0 aliphatic carbocycles. The highest BCUT2D eigenvalue weighted by molar-refractivity contribution is 8.07. The van der Waals surface area contributed by atoms with E-state index in [1.165, 1.54) is 13.8 Å². The predicted octanol–water partition coefficient (Wildman–Crippen LogP) is 3.90. The minimum absolute atomic E-state index is 0.00426. The molecule has 0 aromatic carbocycles. The molecule has 1 aliphatic rings. The molecule has 3 unspecified atom stereocenters. The van der Waals surface area contributed by atoms with Crippen molar-refractivity contribution >= 4 is 41.4 Å². The minimum atomic E-state index is -0.710. The van der Waals surface area contributed by atoms with Crippen LogP contribution >= 0.6 is 23.5 Å². The fraction of sp³-hybridized carbons (Fsp3) is 0.500. The Balaban J connectivity index is 0.000000477. The monoisotopic (exact) mass is 386 g/mol. The molecule has 0 aromatic rings. The van der Waals surface area contributed by atoms with Crippen LogP contribution in [0, 0.1) is 0 Å². The molecule has 1 rings (SSSR count). The molecule has 1 saturated heterocycles. The second-order valence-corrected chi connectivity index (χ2v) is 8.68. The summed E-state index contributed by atoms with van der Waals surface area (Å²) in [6.45, 7) is 19.2. The Hall–Kier alpha value is -1.47. The Kier molecular flexibility index (Phi) is 10.5. The quantitative estimate of drug-likeness (QED) is 0.412. The Morgan fingerprint density at radius 1 is 0.840 bits per heavy atom. The normalized spacial score (nSPS) is 21.9. The van der Waals surface area contributed by atoms with Crippen molar-refractivity contribution in [2.24, 2.45) is 0 Å². The van der Waals surface area contributed by atoms with Crippen molar-refractivity contribution in [2.45, 2.75) is 50.6 Å². The molecule has 1 heterocycles. The summed E-state index contributed by atoms with van der Waals surface area (Å²) in [5.41, 5.74) is 0.858. The maximum atomic E-state index is 11.3. The number of ether oxygens (including phenoxy) is 2. The summed E-state index contributed by atoms with van der Waals surface area (Å²) in [4.78, 5) is 32.6. The van der Waals surface area contributed by atoms with Gasteiger partial charge in [0.25, 0.3) is 0 Å². The summed E-state index contributed by atoms with van der Waals surface area (Å²) >= 11 is 3.60. The van der Waals surface area contributed by atoms with E-state index in [2.05, 4.69) is 38.3 Å². The summed E-state index contributed by atoms with van der Waals surface area (Å²) in [5, 5.41) is 1.18. The van der Waals surface area contributed by atoms with E-state index < -0.39 is 11.9 Å². The van der Waals surface area contributed by atoms with E-state index in [9.17, 15) is 14.4 Å². The summed E-state index contributed by atoms with van der Waals surface area (Å²) in [7, 11) is 0. The molecule has 7 heteroatoms. The van der Waals surface area contributed by atoms with Gasteiger partial charge in [0.1, 0.15) is 0 Å². The molecule has 1 fully saturated rings. The zero-order chi connectivity index (χ0) is 19.7. The highest BCUT2D eigenvalue weighted by Crippen LogP contribution is 2.36. The molecule has 0 radical (unpaired) electrons. The van der Waals surface area contributed by atoms with Crippen LogP contribution in [0.15, 0.2) is 36.5 Å². The average Bonchev–Trinajstić information content (AvgIpc) is 2.51. The first-order valence-electron chi connectivity index (χ1n) is 7.66. The highest BCUT2D eigenvalue weighted by Gasteiger charge is 2.28. The van der Waals surface area contributed by atoms with Crippen molar-refractivity contribution in [1.82, 2.24) is 0 Å². The number of hydrogen-bond donors (Lipinski definition) is 0. The molecule has 0 N–H and O–H groups in total. The van der Waals surface area contributed by atoms with Crippen LogP contribution in [-0.4, -0.2) is 39.6 Å². The van der Waals surface area contributed by atoms with Crippen LogP contribution in [0.3, 0.4) is 0 Å². The number of esters is 3. The molecule has 5 nitrogen and oxygen atoms in total.